The summed E-state index contributed by atoms with van der Waals surface area (Å²) in [6, 6.07) is 6.82. The summed E-state index contributed by atoms with van der Waals surface area (Å²) in [4.78, 5) is 12.6. The Labute approximate surface area is 144 Å². The molecule has 1 aromatic carbocycles. The summed E-state index contributed by atoms with van der Waals surface area (Å²) >= 11 is 6.12. The van der Waals surface area contributed by atoms with Crippen LogP contribution >= 0.6 is 11.6 Å². The number of esters is 1. The number of tetrazole rings is 1. The van der Waals surface area contributed by atoms with Crippen molar-refractivity contribution in [2.75, 3.05) is 11.9 Å². The van der Waals surface area contributed by atoms with Gasteiger partial charge in [-0.2, -0.15) is 4.68 Å². The zero-order chi connectivity index (χ0) is 17.1. The fourth-order valence-corrected chi connectivity index (χ4v) is 2.85. The van der Waals surface area contributed by atoms with E-state index in [0.717, 1.165) is 18.4 Å². The zero-order valence-corrected chi connectivity index (χ0v) is 14.2. The van der Waals surface area contributed by atoms with Gasteiger partial charge in [0.25, 0.3) is 0 Å². The molecule has 24 heavy (non-hydrogen) atoms. The minimum Gasteiger partial charge on any atom is -0.462 e. The number of allylic oxidation sites excluding steroid dienone is 1. The lowest BCUT2D eigenvalue weighted by atomic mass is 9.96. The van der Waals surface area contributed by atoms with Crippen LogP contribution in [0.5, 0.6) is 0 Å². The molecule has 8 heteroatoms. The number of ether oxygens (including phenoxy) is 1. The SMILES string of the molecule is CCCCOC(=O)C1=C(C)Nc2nnnn2[C@@H]1c1cccc(Cl)c1. The number of nitrogens with zero attached hydrogens (tertiary/aromatic N) is 4. The van der Waals surface area contributed by atoms with Gasteiger partial charge in [-0.05, 0) is 41.5 Å². The van der Waals surface area contributed by atoms with E-state index in [4.69, 9.17) is 16.3 Å². The molecule has 0 amide bonds. The Hall–Kier alpha value is -2.41. The monoisotopic (exact) mass is 347 g/mol. The molecule has 2 aromatic rings. The highest BCUT2D eigenvalue weighted by Crippen LogP contribution is 2.35. The van der Waals surface area contributed by atoms with E-state index < -0.39 is 6.04 Å². The molecule has 0 saturated carbocycles. The van der Waals surface area contributed by atoms with E-state index in [2.05, 4.69) is 20.8 Å². The van der Waals surface area contributed by atoms with E-state index in [0.29, 0.717) is 28.8 Å². The van der Waals surface area contributed by atoms with E-state index >= 15 is 0 Å². The van der Waals surface area contributed by atoms with E-state index in [1.807, 2.05) is 26.0 Å². The molecule has 0 saturated heterocycles. The van der Waals surface area contributed by atoms with Crippen LogP contribution in [0.2, 0.25) is 5.02 Å². The number of halogens is 1. The summed E-state index contributed by atoms with van der Waals surface area (Å²) in [5.41, 5.74) is 1.97. The van der Waals surface area contributed by atoms with Crippen LogP contribution in [0.3, 0.4) is 0 Å². The van der Waals surface area contributed by atoms with Crippen molar-refractivity contribution in [2.45, 2.75) is 32.7 Å². The molecule has 1 atom stereocenters. The third kappa shape index (κ3) is 3.12. The van der Waals surface area contributed by atoms with Crippen LogP contribution in [-0.2, 0) is 9.53 Å². The number of anilines is 1. The van der Waals surface area contributed by atoms with Crippen LogP contribution in [0.4, 0.5) is 5.95 Å². The Kier molecular flexibility index (Phi) is 4.80. The first-order chi connectivity index (χ1) is 11.6. The number of benzene rings is 1. The van der Waals surface area contributed by atoms with Crippen LogP contribution in [0, 0.1) is 0 Å². The average molecular weight is 348 g/mol. The van der Waals surface area contributed by atoms with Crippen LogP contribution in [0.15, 0.2) is 35.5 Å². The quantitative estimate of drug-likeness (QED) is 0.661. The van der Waals surface area contributed by atoms with Gasteiger partial charge in [-0.1, -0.05) is 42.2 Å². The molecule has 0 aliphatic carbocycles. The number of aromatic nitrogens is 4. The van der Waals surface area contributed by atoms with Gasteiger partial charge >= 0.3 is 5.97 Å². The van der Waals surface area contributed by atoms with Crippen molar-refractivity contribution < 1.29 is 9.53 Å². The molecule has 7 nitrogen and oxygen atoms in total. The predicted octanol–water partition coefficient (Wildman–Crippen LogP) is 2.96. The van der Waals surface area contributed by atoms with Crippen molar-refractivity contribution in [1.29, 1.82) is 0 Å². The van der Waals surface area contributed by atoms with Gasteiger partial charge in [0, 0.05) is 10.7 Å². The van der Waals surface area contributed by atoms with Crippen molar-refractivity contribution >= 4 is 23.5 Å². The molecule has 3 rings (SSSR count). The Balaban J connectivity index is 2.02. The number of rotatable bonds is 5. The Morgan fingerprint density at radius 2 is 2.29 bits per heavy atom. The zero-order valence-electron chi connectivity index (χ0n) is 13.5. The summed E-state index contributed by atoms with van der Waals surface area (Å²) in [6.45, 7) is 4.24. The molecule has 1 aliphatic heterocycles. The molecule has 0 spiro atoms. The maximum atomic E-state index is 12.6. The van der Waals surface area contributed by atoms with Gasteiger partial charge in [0.2, 0.25) is 5.95 Å². The second-order valence-electron chi connectivity index (χ2n) is 5.56. The number of unbranched alkanes of at least 4 members (excludes halogenated alkanes) is 1. The lowest BCUT2D eigenvalue weighted by molar-refractivity contribution is -0.139. The second-order valence-corrected chi connectivity index (χ2v) is 5.99. The van der Waals surface area contributed by atoms with Crippen LogP contribution in [-0.4, -0.2) is 32.8 Å². The molecule has 0 unspecified atom stereocenters. The fraction of sp³-hybridized carbons (Fsp3) is 0.375. The van der Waals surface area contributed by atoms with Gasteiger partial charge in [-0.3, -0.25) is 0 Å². The molecule has 0 fully saturated rings. The van der Waals surface area contributed by atoms with Crippen LogP contribution in [0.25, 0.3) is 0 Å². The Morgan fingerprint density at radius 3 is 3.04 bits per heavy atom. The van der Waals surface area contributed by atoms with Gasteiger partial charge < -0.3 is 10.1 Å². The van der Waals surface area contributed by atoms with Crippen LogP contribution < -0.4 is 5.32 Å². The van der Waals surface area contributed by atoms with Crippen molar-refractivity contribution in [3.8, 4) is 0 Å². The lowest BCUT2D eigenvalue weighted by Crippen LogP contribution is -2.29. The van der Waals surface area contributed by atoms with Crippen molar-refractivity contribution in [1.82, 2.24) is 20.2 Å². The molecule has 0 radical (unpaired) electrons. The molecule has 1 aromatic heterocycles. The van der Waals surface area contributed by atoms with Gasteiger partial charge in [0.1, 0.15) is 6.04 Å². The number of hydrogen-bond donors (Lipinski definition) is 1. The van der Waals surface area contributed by atoms with E-state index in [1.54, 1.807) is 16.8 Å². The summed E-state index contributed by atoms with van der Waals surface area (Å²) < 4.78 is 6.98. The van der Waals surface area contributed by atoms with E-state index in [9.17, 15) is 4.79 Å². The van der Waals surface area contributed by atoms with Gasteiger partial charge in [0.05, 0.1) is 12.2 Å². The average Bonchev–Trinajstić information content (AvgIpc) is 3.01. The largest absolute Gasteiger partial charge is 0.462 e. The fourth-order valence-electron chi connectivity index (χ4n) is 2.65. The molecule has 1 aliphatic rings. The first-order valence-electron chi connectivity index (χ1n) is 7.80. The van der Waals surface area contributed by atoms with Gasteiger partial charge in [-0.15, -0.1) is 0 Å². The maximum absolute atomic E-state index is 12.6. The molecular weight excluding hydrogens is 330 g/mol. The molecular formula is C16H18ClN5O2. The third-order valence-electron chi connectivity index (χ3n) is 3.83. The molecule has 126 valence electrons. The Morgan fingerprint density at radius 1 is 1.46 bits per heavy atom. The highest BCUT2D eigenvalue weighted by Gasteiger charge is 2.34. The predicted molar refractivity (Wildman–Crippen MR) is 89.6 cm³/mol. The number of nitrogens with one attached hydrogen (secondary N) is 1. The highest BCUT2D eigenvalue weighted by molar-refractivity contribution is 6.30. The first-order valence-corrected chi connectivity index (χ1v) is 8.18. The molecule has 1 N–H and O–H groups in total. The number of carbonyl (C=O) groups excluding carboxylic acids is 1. The third-order valence-corrected chi connectivity index (χ3v) is 4.06. The van der Waals surface area contributed by atoms with E-state index in [1.165, 1.54) is 0 Å². The normalized spacial score (nSPS) is 16.5. The number of hydrogen-bond acceptors (Lipinski definition) is 6. The summed E-state index contributed by atoms with van der Waals surface area (Å²) in [6.07, 6.45) is 1.78. The van der Waals surface area contributed by atoms with Gasteiger partial charge in [-0.25, -0.2) is 4.79 Å². The first kappa shape index (κ1) is 16.4. The molecule has 0 bridgehead atoms. The maximum Gasteiger partial charge on any atom is 0.338 e. The summed E-state index contributed by atoms with van der Waals surface area (Å²) in [5.74, 6) is 0.0992. The smallest absolute Gasteiger partial charge is 0.338 e. The standard InChI is InChI=1S/C16H18ClN5O2/c1-3-4-8-24-15(23)13-10(2)18-16-19-20-21-22(16)14(13)11-6-5-7-12(17)9-11/h5-7,9,14H,3-4,8H2,1-2H3,(H,18,19,21)/t14-/m1/s1. The summed E-state index contributed by atoms with van der Waals surface area (Å²) in [5, 5.41) is 15.3. The van der Waals surface area contributed by atoms with Crippen molar-refractivity contribution in [3.05, 3.63) is 46.1 Å². The lowest BCUT2D eigenvalue weighted by Gasteiger charge is -2.27. The topological polar surface area (TPSA) is 81.9 Å². The van der Waals surface area contributed by atoms with E-state index in [-0.39, 0.29) is 5.97 Å². The van der Waals surface area contributed by atoms with Crippen molar-refractivity contribution in [3.63, 3.8) is 0 Å². The minimum atomic E-state index is -0.482. The summed E-state index contributed by atoms with van der Waals surface area (Å²) in [7, 11) is 0. The number of fused-ring (bicyclic) bond motifs is 1. The Bertz CT molecular complexity index is 786. The van der Waals surface area contributed by atoms with Crippen molar-refractivity contribution in [2.24, 2.45) is 0 Å². The number of carbonyl (C=O) groups is 1. The van der Waals surface area contributed by atoms with Crippen LogP contribution in [0.1, 0.15) is 38.3 Å². The second kappa shape index (κ2) is 7.00. The highest BCUT2D eigenvalue weighted by atomic mass is 35.5. The minimum absolute atomic E-state index is 0.375. The molecule has 2 heterocycles. The van der Waals surface area contributed by atoms with Gasteiger partial charge in [0.15, 0.2) is 0 Å².